The molecule has 4 aromatic carbocycles. The minimum absolute atomic E-state index is 0. The molecule has 0 aliphatic carbocycles. The Kier molecular flexibility index (Phi) is 11.3. The number of carbonyl (C=O) groups excluding carboxylic acids is 3. The average Bonchev–Trinajstić information content (AvgIpc) is 3.97. The minimum atomic E-state index is -0.396. The topological polar surface area (TPSA) is 80.4 Å². The van der Waals surface area contributed by atoms with E-state index in [0.717, 1.165) is 17.1 Å². The predicted octanol–water partition coefficient (Wildman–Crippen LogP) is 5.94. The molecule has 3 amide bonds. The fourth-order valence-corrected chi connectivity index (χ4v) is 6.04. The number of hydrogen-bond acceptors (Lipinski definition) is 9. The molecule has 12 nitrogen and oxygen atoms in total. The first-order chi connectivity index (χ1) is 25.9. The molecule has 1 radical (unpaired) electrons. The second-order valence-electron chi connectivity index (χ2n) is 13.1. The summed E-state index contributed by atoms with van der Waals surface area (Å²) < 4.78 is 0. The van der Waals surface area contributed by atoms with Gasteiger partial charge in [0.25, 0.3) is 0 Å². The van der Waals surface area contributed by atoms with Gasteiger partial charge in [0.2, 0.25) is 17.7 Å². The van der Waals surface area contributed by atoms with Gasteiger partial charge in [-0.25, -0.2) is 0 Å². The van der Waals surface area contributed by atoms with Gasteiger partial charge >= 0.3 is 0 Å². The zero-order valence-electron chi connectivity index (χ0n) is 31.2. The Labute approximate surface area is 336 Å². The van der Waals surface area contributed by atoms with Crippen molar-refractivity contribution in [2.24, 2.45) is 0 Å². The fourth-order valence-electron chi connectivity index (χ4n) is 6.04. The predicted molar refractivity (Wildman–Crippen MR) is 212 cm³/mol. The van der Waals surface area contributed by atoms with Crippen LogP contribution in [0, 0.1) is 38.2 Å². The van der Waals surface area contributed by atoms with E-state index in [1.54, 1.807) is 39.3 Å². The van der Waals surface area contributed by atoms with Gasteiger partial charge in [0.05, 0.1) is 0 Å². The molecule has 55 heavy (non-hydrogen) atoms. The van der Waals surface area contributed by atoms with Crippen LogP contribution in [0.5, 0.6) is 0 Å². The fraction of sp³-hybridized carbons (Fsp3) is 0.143. The van der Waals surface area contributed by atoms with Crippen LogP contribution in [-0.2, 0) is 20.1 Å². The summed E-state index contributed by atoms with van der Waals surface area (Å²) in [6, 6.07) is 30.6. The molecule has 0 N–H and O–H groups in total. The number of nitrogens with zero attached hydrogens (tertiary/aromatic N) is 9. The quantitative estimate of drug-likeness (QED) is 0.190. The van der Waals surface area contributed by atoms with Gasteiger partial charge in [-0.3, -0.25) is 14.4 Å². The molecule has 0 atom stereocenters. The number of amides is 3. The van der Waals surface area contributed by atoms with Crippen molar-refractivity contribution in [1.29, 1.82) is 0 Å². The van der Waals surface area contributed by atoms with E-state index in [0.29, 0.717) is 17.1 Å². The van der Waals surface area contributed by atoms with Crippen LogP contribution in [0.25, 0.3) is 0 Å². The van der Waals surface area contributed by atoms with E-state index in [4.69, 9.17) is 0 Å². The Morgan fingerprint density at radius 2 is 0.745 bits per heavy atom. The van der Waals surface area contributed by atoms with Crippen LogP contribution < -0.4 is 29.4 Å². The maximum Gasteiger partial charge on any atom is 0.247 e. The molecule has 0 bridgehead atoms. The molecule has 4 aromatic rings. The van der Waals surface area contributed by atoms with E-state index in [-0.39, 0.29) is 36.8 Å². The molecule has 13 heteroatoms. The Hall–Kier alpha value is -6.04. The average molecular weight is 910 g/mol. The van der Waals surface area contributed by atoms with Crippen molar-refractivity contribution >= 4 is 51.8 Å². The third-order valence-corrected chi connectivity index (χ3v) is 9.23. The van der Waals surface area contributed by atoms with Crippen molar-refractivity contribution in [3.63, 3.8) is 0 Å². The van der Waals surface area contributed by atoms with E-state index in [1.165, 1.54) is 32.9 Å². The number of hydrogen-bond donors (Lipinski definition) is 0. The molecular weight excluding hydrogens is 871 g/mol. The molecule has 0 unspecified atom stereocenters. The molecule has 3 aliphatic rings. The van der Waals surface area contributed by atoms with Crippen molar-refractivity contribution in [2.75, 3.05) is 71.7 Å². The molecule has 7 rings (SSSR count). The third kappa shape index (κ3) is 8.23. The largest absolute Gasteiger partial charge is 0.510 e. The molecule has 0 fully saturated rings. The van der Waals surface area contributed by atoms with E-state index in [9.17, 15) is 14.4 Å². The molecule has 3 heterocycles. The van der Waals surface area contributed by atoms with Crippen LogP contribution in [0.3, 0.4) is 0 Å². The van der Waals surface area contributed by atoms with Gasteiger partial charge in [-0.15, -0.1) is 53.5 Å². The van der Waals surface area contributed by atoms with Crippen molar-refractivity contribution in [3.8, 4) is 0 Å². The molecule has 285 valence electrons. The SMILES string of the molecule is CN1C=CN(c2[c-]cc(N(C)C(=O)c3cc(C(=O)N(C)c4c[c-]c(N5C=CN(C)[CH-]5)cc4)cc(C(=O)N(C)c4c[c-]c(N5C=CN(C)[CH-]5)cc4)c3)cc2)[CH-]1.[Ir]. The van der Waals surface area contributed by atoms with Gasteiger partial charge < -0.3 is 44.1 Å². The van der Waals surface area contributed by atoms with Gasteiger partial charge in [-0.1, -0.05) is 17.1 Å². The summed E-state index contributed by atoms with van der Waals surface area (Å²) in [5, 5.41) is 0. The van der Waals surface area contributed by atoms with Crippen LogP contribution in [0.2, 0.25) is 0 Å². The van der Waals surface area contributed by atoms with E-state index < -0.39 is 17.7 Å². The zero-order valence-corrected chi connectivity index (χ0v) is 33.6. The van der Waals surface area contributed by atoms with Crippen LogP contribution in [0.15, 0.2) is 110 Å². The maximum atomic E-state index is 14.1. The van der Waals surface area contributed by atoms with E-state index in [2.05, 4.69) is 18.2 Å². The number of carbonyl (C=O) groups is 3. The first-order valence-electron chi connectivity index (χ1n) is 17.1. The Bertz CT molecular complexity index is 1880. The zero-order chi connectivity index (χ0) is 38.1. The smallest absolute Gasteiger partial charge is 0.247 e. The molecule has 3 aliphatic heterocycles. The van der Waals surface area contributed by atoms with Crippen molar-refractivity contribution in [2.45, 2.75) is 0 Å². The molecule has 0 aromatic heterocycles. The van der Waals surface area contributed by atoms with E-state index >= 15 is 0 Å². The summed E-state index contributed by atoms with van der Waals surface area (Å²) in [6.45, 7) is 5.75. The normalized spacial score (nSPS) is 14.5. The monoisotopic (exact) mass is 910 g/mol. The van der Waals surface area contributed by atoms with Gasteiger partial charge in [0.15, 0.2) is 0 Å². The van der Waals surface area contributed by atoms with Crippen LogP contribution in [0.4, 0.5) is 34.1 Å². The van der Waals surface area contributed by atoms with Gasteiger partial charge in [0.1, 0.15) is 0 Å². The minimum Gasteiger partial charge on any atom is -0.510 e. The van der Waals surface area contributed by atoms with Gasteiger partial charge in [0, 0.05) is 57.9 Å². The molecule has 0 saturated heterocycles. The summed E-state index contributed by atoms with van der Waals surface area (Å²) in [5.41, 5.74) is 4.76. The number of benzene rings is 4. The van der Waals surface area contributed by atoms with Crippen molar-refractivity contribution < 1.29 is 34.5 Å². The van der Waals surface area contributed by atoms with Gasteiger partial charge in [-0.05, 0) is 76.5 Å². The molecule has 0 saturated carbocycles. The summed E-state index contributed by atoms with van der Waals surface area (Å²) in [6.07, 6.45) is 11.5. The first kappa shape index (κ1) is 38.7. The van der Waals surface area contributed by atoms with Crippen LogP contribution in [-0.4, -0.2) is 74.7 Å². The summed E-state index contributed by atoms with van der Waals surface area (Å²) in [4.78, 5) is 58.3. The van der Waals surface area contributed by atoms with Crippen LogP contribution >= 0.6 is 0 Å². The Morgan fingerprint density at radius 1 is 0.473 bits per heavy atom. The second kappa shape index (κ2) is 16.1. The molecule has 0 spiro atoms. The van der Waals surface area contributed by atoms with Crippen molar-refractivity contribution in [3.05, 3.63) is 165 Å². The van der Waals surface area contributed by atoms with Gasteiger partial charge in [-0.2, -0.15) is 56.4 Å². The summed E-state index contributed by atoms with van der Waals surface area (Å²) in [5.74, 6) is -1.19. The Balaban J connectivity index is 0.00000514. The standard InChI is InChI=1S/C42H39N9O3.Ir/c1-43-19-22-49(28-43)37-13-7-34(8-14-37)46(4)40(52)31-25-32(41(53)47(5)35-9-15-38(16-10-35)50-23-20-44(2)29-50)27-33(26-31)42(54)48(6)36-11-17-39(18-12-36)51-24-21-45(3)30-51;/h7-13,15,17,19-30H,1-6H3;/q-6;. The maximum absolute atomic E-state index is 14.1. The summed E-state index contributed by atoms with van der Waals surface area (Å²) in [7, 11) is 10.8. The first-order valence-corrected chi connectivity index (χ1v) is 17.1. The summed E-state index contributed by atoms with van der Waals surface area (Å²) >= 11 is 0. The Morgan fingerprint density at radius 3 is 0.945 bits per heavy atom. The number of anilines is 6. The second-order valence-corrected chi connectivity index (χ2v) is 13.1. The van der Waals surface area contributed by atoms with E-state index in [1.807, 2.05) is 144 Å². The van der Waals surface area contributed by atoms with Crippen molar-refractivity contribution in [1.82, 2.24) is 14.7 Å². The number of rotatable bonds is 9. The van der Waals surface area contributed by atoms with Crippen LogP contribution in [0.1, 0.15) is 31.1 Å². The molecular formula is C42H39IrN9O3-6. The third-order valence-electron chi connectivity index (χ3n) is 9.23.